The van der Waals surface area contributed by atoms with E-state index in [9.17, 15) is 23.2 Å². The van der Waals surface area contributed by atoms with Crippen molar-refractivity contribution < 1.29 is 23.2 Å². The molecule has 0 aromatic heterocycles. The molecule has 0 radical (unpaired) electrons. The topological polar surface area (TPSA) is 113 Å². The Bertz CT molecular complexity index is 654. The second-order valence-electron chi connectivity index (χ2n) is 5.35. The van der Waals surface area contributed by atoms with Crippen molar-refractivity contribution in [3.63, 3.8) is 0 Å². The Hall–Kier alpha value is -2.26. The molecular formula is C14H17ClF2N4O3. The van der Waals surface area contributed by atoms with E-state index in [0.29, 0.717) is 5.56 Å². The molecule has 1 unspecified atom stereocenters. The van der Waals surface area contributed by atoms with Gasteiger partial charge in [-0.3, -0.25) is 14.9 Å². The fraction of sp³-hybridized carbons (Fsp3) is 0.357. The minimum atomic E-state index is -3.17. The third-order valence-corrected chi connectivity index (χ3v) is 3.58. The quantitative estimate of drug-likeness (QED) is 0.571. The Labute approximate surface area is 142 Å². The number of nitrogens with two attached hydrogens (primary N) is 1. The van der Waals surface area contributed by atoms with Crippen LogP contribution in [0.4, 0.5) is 13.6 Å². The molecule has 0 bridgehead atoms. The Morgan fingerprint density at radius 2 is 1.88 bits per heavy atom. The maximum Gasteiger partial charge on any atom is 0.322 e. The van der Waals surface area contributed by atoms with E-state index in [1.165, 1.54) is 31.2 Å². The van der Waals surface area contributed by atoms with Gasteiger partial charge in [0.1, 0.15) is 5.54 Å². The predicted octanol–water partition coefficient (Wildman–Crippen LogP) is 0.487. The van der Waals surface area contributed by atoms with Gasteiger partial charge in [0.25, 0.3) is 17.7 Å². The molecule has 0 saturated carbocycles. The summed E-state index contributed by atoms with van der Waals surface area (Å²) in [6.07, 6.45) is 0. The Morgan fingerprint density at radius 3 is 2.33 bits per heavy atom. The molecule has 1 heterocycles. The predicted molar refractivity (Wildman–Crippen MR) is 84.1 cm³/mol. The minimum Gasteiger partial charge on any atom is -0.346 e. The van der Waals surface area contributed by atoms with Crippen molar-refractivity contribution in [1.29, 1.82) is 0 Å². The summed E-state index contributed by atoms with van der Waals surface area (Å²) in [5.41, 5.74) is 4.26. The Morgan fingerprint density at radius 1 is 1.29 bits per heavy atom. The van der Waals surface area contributed by atoms with Crippen LogP contribution in [0.5, 0.6) is 0 Å². The number of amides is 4. The highest BCUT2D eigenvalue weighted by molar-refractivity contribution is 6.07. The van der Waals surface area contributed by atoms with E-state index in [0.717, 1.165) is 0 Å². The molecule has 0 aliphatic carbocycles. The average molecular weight is 363 g/mol. The average Bonchev–Trinajstić information content (AvgIpc) is 2.78. The normalized spacial score (nSPS) is 20.0. The number of halogens is 3. The number of imide groups is 1. The van der Waals surface area contributed by atoms with Gasteiger partial charge in [-0.1, -0.05) is 12.1 Å². The van der Waals surface area contributed by atoms with Crippen LogP contribution in [0.1, 0.15) is 22.8 Å². The maximum atomic E-state index is 13.0. The molecule has 1 aromatic rings. The Balaban J connectivity index is 0.00000288. The molecule has 132 valence electrons. The van der Waals surface area contributed by atoms with Gasteiger partial charge in [0, 0.05) is 5.56 Å². The first kappa shape index (κ1) is 19.8. The summed E-state index contributed by atoms with van der Waals surface area (Å²) < 4.78 is 26.0. The number of hydrogen-bond acceptors (Lipinski definition) is 4. The van der Waals surface area contributed by atoms with Crippen LogP contribution in [0.25, 0.3) is 0 Å². The van der Waals surface area contributed by atoms with E-state index in [1.807, 2.05) is 0 Å². The molecule has 4 amide bonds. The fourth-order valence-electron chi connectivity index (χ4n) is 2.09. The SMILES string of the molecule is CC1(c2ccc(C(=O)NCC(F)(F)CN)cc2)NC(=O)NC1=O.Cl. The van der Waals surface area contributed by atoms with Crippen LogP contribution in [-0.4, -0.2) is 36.9 Å². The molecule has 1 aliphatic rings. The van der Waals surface area contributed by atoms with Crippen molar-refractivity contribution in [2.24, 2.45) is 5.73 Å². The standard InChI is InChI=1S/C14H16F2N4O3.ClH/c1-13(11(22)19-12(23)20-13)9-4-2-8(3-5-9)10(21)18-7-14(15,16)6-17;/h2-5H,6-7,17H2,1H3,(H,18,21)(H2,19,20,22,23);1H. The molecule has 1 aromatic carbocycles. The highest BCUT2D eigenvalue weighted by atomic mass is 35.5. The van der Waals surface area contributed by atoms with Gasteiger partial charge in [0.15, 0.2) is 0 Å². The lowest BCUT2D eigenvalue weighted by molar-refractivity contribution is -0.123. The molecule has 1 saturated heterocycles. The van der Waals surface area contributed by atoms with E-state index in [1.54, 1.807) is 0 Å². The van der Waals surface area contributed by atoms with Gasteiger partial charge in [0.2, 0.25) is 0 Å². The number of carbonyl (C=O) groups excluding carboxylic acids is 3. The number of urea groups is 1. The van der Waals surface area contributed by atoms with Crippen molar-refractivity contribution in [2.75, 3.05) is 13.1 Å². The zero-order valence-corrected chi connectivity index (χ0v) is 13.5. The lowest BCUT2D eigenvalue weighted by Gasteiger charge is -2.21. The number of nitrogens with one attached hydrogen (secondary N) is 3. The molecular weight excluding hydrogens is 346 g/mol. The van der Waals surface area contributed by atoms with Crippen LogP contribution < -0.4 is 21.7 Å². The molecule has 1 aliphatic heterocycles. The van der Waals surface area contributed by atoms with Crippen molar-refractivity contribution in [2.45, 2.75) is 18.4 Å². The van der Waals surface area contributed by atoms with Gasteiger partial charge >= 0.3 is 6.03 Å². The van der Waals surface area contributed by atoms with Crippen LogP contribution in [0, 0.1) is 0 Å². The van der Waals surface area contributed by atoms with Gasteiger partial charge in [0.05, 0.1) is 13.1 Å². The second kappa shape index (κ2) is 7.10. The highest BCUT2D eigenvalue weighted by Crippen LogP contribution is 2.24. The second-order valence-corrected chi connectivity index (χ2v) is 5.35. The van der Waals surface area contributed by atoms with E-state index in [2.05, 4.69) is 16.0 Å². The summed E-state index contributed by atoms with van der Waals surface area (Å²) >= 11 is 0. The fourth-order valence-corrected chi connectivity index (χ4v) is 2.09. The molecule has 1 fully saturated rings. The van der Waals surface area contributed by atoms with Crippen molar-refractivity contribution in [3.05, 3.63) is 35.4 Å². The van der Waals surface area contributed by atoms with Crippen LogP contribution in [0.2, 0.25) is 0 Å². The number of carbonyl (C=O) groups is 3. The van der Waals surface area contributed by atoms with Gasteiger partial charge in [-0.2, -0.15) is 0 Å². The summed E-state index contributed by atoms with van der Waals surface area (Å²) in [5, 5.41) is 6.69. The van der Waals surface area contributed by atoms with E-state index < -0.39 is 42.4 Å². The molecule has 2 rings (SSSR count). The molecule has 24 heavy (non-hydrogen) atoms. The number of alkyl halides is 2. The van der Waals surface area contributed by atoms with Crippen LogP contribution in [0.3, 0.4) is 0 Å². The smallest absolute Gasteiger partial charge is 0.322 e. The summed E-state index contributed by atoms with van der Waals surface area (Å²) in [6, 6.07) is 5.11. The summed E-state index contributed by atoms with van der Waals surface area (Å²) in [6.45, 7) is -0.205. The van der Waals surface area contributed by atoms with E-state index >= 15 is 0 Å². The van der Waals surface area contributed by atoms with E-state index in [4.69, 9.17) is 5.73 Å². The monoisotopic (exact) mass is 362 g/mol. The number of benzene rings is 1. The maximum absolute atomic E-state index is 13.0. The molecule has 0 spiro atoms. The Kier molecular flexibility index (Phi) is 5.85. The zero-order chi connectivity index (χ0) is 17.3. The number of hydrogen-bond donors (Lipinski definition) is 4. The van der Waals surface area contributed by atoms with Crippen LogP contribution in [0.15, 0.2) is 24.3 Å². The lowest BCUT2D eigenvalue weighted by atomic mass is 9.91. The van der Waals surface area contributed by atoms with Crippen molar-refractivity contribution in [1.82, 2.24) is 16.0 Å². The van der Waals surface area contributed by atoms with Crippen LogP contribution >= 0.6 is 12.4 Å². The molecule has 1 atom stereocenters. The van der Waals surface area contributed by atoms with E-state index in [-0.39, 0.29) is 18.0 Å². The highest BCUT2D eigenvalue weighted by Gasteiger charge is 2.43. The first-order valence-corrected chi connectivity index (χ1v) is 6.78. The summed E-state index contributed by atoms with van der Waals surface area (Å²) in [7, 11) is 0. The molecule has 10 heteroatoms. The summed E-state index contributed by atoms with van der Waals surface area (Å²) in [5.74, 6) is -4.37. The largest absolute Gasteiger partial charge is 0.346 e. The zero-order valence-electron chi connectivity index (χ0n) is 12.7. The molecule has 5 N–H and O–H groups in total. The first-order chi connectivity index (χ1) is 10.7. The number of rotatable bonds is 5. The molecule has 7 nitrogen and oxygen atoms in total. The van der Waals surface area contributed by atoms with Gasteiger partial charge in [-0.05, 0) is 24.6 Å². The third kappa shape index (κ3) is 3.98. The third-order valence-electron chi connectivity index (χ3n) is 3.58. The van der Waals surface area contributed by atoms with Crippen molar-refractivity contribution in [3.8, 4) is 0 Å². The van der Waals surface area contributed by atoms with Crippen LogP contribution in [-0.2, 0) is 10.3 Å². The lowest BCUT2D eigenvalue weighted by Crippen LogP contribution is -2.42. The first-order valence-electron chi connectivity index (χ1n) is 6.78. The summed E-state index contributed by atoms with van der Waals surface area (Å²) in [4.78, 5) is 34.8. The van der Waals surface area contributed by atoms with Gasteiger partial charge < -0.3 is 16.4 Å². The van der Waals surface area contributed by atoms with Gasteiger partial charge in [-0.25, -0.2) is 13.6 Å². The van der Waals surface area contributed by atoms with Crippen molar-refractivity contribution >= 4 is 30.3 Å². The minimum absolute atomic E-state index is 0. The van der Waals surface area contributed by atoms with Gasteiger partial charge in [-0.15, -0.1) is 12.4 Å².